The maximum atomic E-state index is 12.4. The summed E-state index contributed by atoms with van der Waals surface area (Å²) in [7, 11) is 0. The van der Waals surface area contributed by atoms with E-state index in [1.165, 1.54) is 13.0 Å². The molecule has 1 rings (SSSR count). The van der Waals surface area contributed by atoms with Gasteiger partial charge in [-0.25, -0.2) is 4.79 Å². The molecule has 3 nitrogen and oxygen atoms in total. The quantitative estimate of drug-likeness (QED) is 0.908. The molecule has 1 aromatic carbocycles. The van der Waals surface area contributed by atoms with Crippen molar-refractivity contribution in [3.05, 3.63) is 29.3 Å². The maximum Gasteiger partial charge on any atom is 0.416 e. The maximum absolute atomic E-state index is 12.4. The fourth-order valence-corrected chi connectivity index (χ4v) is 1.14. The highest BCUT2D eigenvalue weighted by Crippen LogP contribution is 2.32. The third-order valence-corrected chi connectivity index (χ3v) is 1.74. The molecule has 0 aliphatic carbocycles. The predicted molar refractivity (Wildman–Crippen MR) is 60.7 cm³/mol. The first-order valence-electron chi connectivity index (χ1n) is 5.32. The van der Waals surface area contributed by atoms with Gasteiger partial charge < -0.3 is 9.84 Å². The molecule has 0 unspecified atom stereocenters. The van der Waals surface area contributed by atoms with E-state index in [9.17, 15) is 18.0 Å². The van der Waals surface area contributed by atoms with Crippen molar-refractivity contribution in [1.29, 1.82) is 0 Å². The van der Waals surface area contributed by atoms with Crippen molar-refractivity contribution >= 4 is 5.97 Å². The molecule has 0 aliphatic rings. The summed E-state index contributed by atoms with van der Waals surface area (Å²) >= 11 is 0. The van der Waals surface area contributed by atoms with Gasteiger partial charge in [-0.3, -0.25) is 0 Å². The van der Waals surface area contributed by atoms with Gasteiger partial charge in [-0.1, -0.05) is 13.8 Å². The summed E-state index contributed by atoms with van der Waals surface area (Å²) in [6, 6.07) is 3.09. The third kappa shape index (κ3) is 5.56. The van der Waals surface area contributed by atoms with Crippen LogP contribution in [0.1, 0.15) is 25.0 Å². The van der Waals surface area contributed by atoms with Crippen LogP contribution in [0.3, 0.4) is 0 Å². The number of aryl methyl sites for hydroxylation is 1. The Morgan fingerprint density at radius 2 is 1.83 bits per heavy atom. The van der Waals surface area contributed by atoms with Gasteiger partial charge in [0.2, 0.25) is 0 Å². The Kier molecular flexibility index (Phi) is 6.22. The number of carboxylic acids is 1. The lowest BCUT2D eigenvalue weighted by molar-refractivity contribution is -0.139. The number of halogens is 3. The van der Waals surface area contributed by atoms with Crippen LogP contribution in [0, 0.1) is 6.92 Å². The van der Waals surface area contributed by atoms with Gasteiger partial charge in [0.1, 0.15) is 5.75 Å². The van der Waals surface area contributed by atoms with Crippen molar-refractivity contribution in [1.82, 2.24) is 0 Å². The van der Waals surface area contributed by atoms with Crippen molar-refractivity contribution in [2.24, 2.45) is 0 Å². The van der Waals surface area contributed by atoms with Crippen molar-refractivity contribution < 1.29 is 27.8 Å². The molecule has 1 aromatic rings. The van der Waals surface area contributed by atoms with Crippen LogP contribution in [0.2, 0.25) is 0 Å². The van der Waals surface area contributed by atoms with Crippen LogP contribution >= 0.6 is 0 Å². The number of hydrogen-bond acceptors (Lipinski definition) is 2. The van der Waals surface area contributed by atoms with Crippen LogP contribution in [0.4, 0.5) is 13.2 Å². The Labute approximate surface area is 103 Å². The van der Waals surface area contributed by atoms with Crippen molar-refractivity contribution in [2.75, 3.05) is 6.61 Å². The van der Waals surface area contributed by atoms with Crippen molar-refractivity contribution in [3.8, 4) is 5.75 Å². The summed E-state index contributed by atoms with van der Waals surface area (Å²) in [6.07, 6.45) is -4.46. The Balaban J connectivity index is 0.00000137. The van der Waals surface area contributed by atoms with Crippen molar-refractivity contribution in [2.45, 2.75) is 26.9 Å². The lowest BCUT2D eigenvalue weighted by Gasteiger charge is -2.10. The van der Waals surface area contributed by atoms with E-state index in [0.29, 0.717) is 5.56 Å². The standard InChI is InChI=1S/C10H9F3O3.C2H6/c1-6-2-7(10(11,12)13)4-8(3-6)16-5-9(14)15;1-2/h2-4H,5H2,1H3,(H,14,15);1-2H3. The molecule has 0 bridgehead atoms. The minimum Gasteiger partial charge on any atom is -0.482 e. The first-order chi connectivity index (χ1) is 8.29. The summed E-state index contributed by atoms with van der Waals surface area (Å²) in [4.78, 5) is 10.2. The van der Waals surface area contributed by atoms with Crippen molar-refractivity contribution in [3.63, 3.8) is 0 Å². The summed E-state index contributed by atoms with van der Waals surface area (Å²) < 4.78 is 41.8. The van der Waals surface area contributed by atoms with Gasteiger partial charge in [-0.05, 0) is 30.7 Å². The number of alkyl halides is 3. The molecule has 6 heteroatoms. The SMILES string of the molecule is CC.Cc1cc(OCC(=O)O)cc(C(F)(F)F)c1. The van der Waals surface area contributed by atoms with E-state index in [0.717, 1.165) is 12.1 Å². The fourth-order valence-electron chi connectivity index (χ4n) is 1.14. The molecule has 0 amide bonds. The zero-order valence-corrected chi connectivity index (χ0v) is 10.3. The Bertz CT molecular complexity index is 400. The molecule has 0 saturated heterocycles. The zero-order valence-electron chi connectivity index (χ0n) is 10.3. The molecule has 18 heavy (non-hydrogen) atoms. The highest BCUT2D eigenvalue weighted by Gasteiger charge is 2.31. The number of ether oxygens (including phenoxy) is 1. The van der Waals surface area contributed by atoms with Crippen LogP contribution < -0.4 is 4.74 Å². The van der Waals surface area contributed by atoms with Gasteiger partial charge in [0, 0.05) is 0 Å². The minimum absolute atomic E-state index is 0.102. The Hall–Kier alpha value is -1.72. The molecule has 0 fully saturated rings. The molecule has 0 aromatic heterocycles. The fraction of sp³-hybridized carbons (Fsp3) is 0.417. The molecular weight excluding hydrogens is 249 g/mol. The third-order valence-electron chi connectivity index (χ3n) is 1.74. The van der Waals surface area contributed by atoms with Crippen LogP contribution in [0.15, 0.2) is 18.2 Å². The van der Waals surface area contributed by atoms with Gasteiger partial charge in [0.15, 0.2) is 6.61 Å². The number of carboxylic acid groups (broad SMARTS) is 1. The second-order valence-electron chi connectivity index (χ2n) is 3.21. The van der Waals surface area contributed by atoms with E-state index in [-0.39, 0.29) is 5.75 Å². The number of benzene rings is 1. The van der Waals surface area contributed by atoms with Crippen LogP contribution in [0.25, 0.3) is 0 Å². The highest BCUT2D eigenvalue weighted by atomic mass is 19.4. The summed E-state index contributed by atoms with van der Waals surface area (Å²) in [5.74, 6) is -1.34. The molecular formula is C12H15F3O3. The number of carbonyl (C=O) groups is 1. The van der Waals surface area contributed by atoms with Crippen LogP contribution in [0.5, 0.6) is 5.75 Å². The molecule has 0 spiro atoms. The molecule has 0 atom stereocenters. The topological polar surface area (TPSA) is 46.5 Å². The lowest BCUT2D eigenvalue weighted by Crippen LogP contribution is -2.11. The number of aliphatic carboxylic acids is 1. The smallest absolute Gasteiger partial charge is 0.416 e. The van der Waals surface area contributed by atoms with Crippen LogP contribution in [-0.4, -0.2) is 17.7 Å². The second-order valence-corrected chi connectivity index (χ2v) is 3.21. The van der Waals surface area contributed by atoms with Gasteiger partial charge in [-0.15, -0.1) is 0 Å². The predicted octanol–water partition coefficient (Wildman–Crippen LogP) is 3.50. The Morgan fingerprint density at radius 3 is 2.28 bits per heavy atom. The lowest BCUT2D eigenvalue weighted by atomic mass is 10.1. The largest absolute Gasteiger partial charge is 0.482 e. The van der Waals surface area contributed by atoms with Gasteiger partial charge in [0.05, 0.1) is 5.56 Å². The zero-order chi connectivity index (χ0) is 14.3. The highest BCUT2D eigenvalue weighted by molar-refractivity contribution is 5.68. The average molecular weight is 264 g/mol. The van der Waals surface area contributed by atoms with Gasteiger partial charge in [0.25, 0.3) is 0 Å². The molecule has 1 N–H and O–H groups in total. The Morgan fingerprint density at radius 1 is 1.28 bits per heavy atom. The van der Waals surface area contributed by atoms with E-state index in [1.807, 2.05) is 13.8 Å². The molecule has 0 radical (unpaired) electrons. The summed E-state index contributed by atoms with van der Waals surface area (Å²) in [6.45, 7) is 4.81. The van der Waals surface area contributed by atoms with E-state index in [1.54, 1.807) is 0 Å². The number of hydrogen-bond donors (Lipinski definition) is 1. The molecule has 0 heterocycles. The minimum atomic E-state index is -4.46. The monoisotopic (exact) mass is 264 g/mol. The van der Waals surface area contributed by atoms with E-state index < -0.39 is 24.3 Å². The average Bonchev–Trinajstić information content (AvgIpc) is 2.27. The van der Waals surface area contributed by atoms with Gasteiger partial charge >= 0.3 is 12.1 Å². The van der Waals surface area contributed by atoms with Crippen LogP contribution in [-0.2, 0) is 11.0 Å². The molecule has 102 valence electrons. The second kappa shape index (κ2) is 6.88. The van der Waals surface area contributed by atoms with Gasteiger partial charge in [-0.2, -0.15) is 13.2 Å². The summed E-state index contributed by atoms with van der Waals surface area (Å²) in [5, 5.41) is 8.33. The molecule has 0 saturated carbocycles. The normalized spacial score (nSPS) is 10.3. The van der Waals surface area contributed by atoms with E-state index in [4.69, 9.17) is 5.11 Å². The summed E-state index contributed by atoms with van der Waals surface area (Å²) in [5.41, 5.74) is -0.497. The first kappa shape index (κ1) is 16.3. The molecule has 0 aliphatic heterocycles. The number of rotatable bonds is 3. The van der Waals surface area contributed by atoms with E-state index >= 15 is 0 Å². The van der Waals surface area contributed by atoms with E-state index in [2.05, 4.69) is 4.74 Å². The first-order valence-corrected chi connectivity index (χ1v) is 5.32.